The smallest absolute Gasteiger partial charge is 0.0134 e. The van der Waals surface area contributed by atoms with Crippen LogP contribution < -0.4 is 5.73 Å². The van der Waals surface area contributed by atoms with E-state index in [-0.39, 0.29) is 0 Å². The maximum Gasteiger partial charge on any atom is 0.0134 e. The lowest BCUT2D eigenvalue weighted by Gasteiger charge is -1.97. The first kappa shape index (κ1) is 7.70. The number of hydrogen-bond acceptors (Lipinski definition) is 1. The summed E-state index contributed by atoms with van der Waals surface area (Å²) >= 11 is 0. The van der Waals surface area contributed by atoms with Crippen molar-refractivity contribution in [2.45, 2.75) is 26.2 Å². The zero-order valence-electron chi connectivity index (χ0n) is 5.61. The van der Waals surface area contributed by atoms with Crippen molar-refractivity contribution in [3.8, 4) is 0 Å². The molecule has 0 aromatic heterocycles. The fraction of sp³-hybridized carbons (Fsp3) is 0.714. The number of rotatable bonds is 4. The molecule has 0 rings (SSSR count). The zero-order valence-corrected chi connectivity index (χ0v) is 5.61. The van der Waals surface area contributed by atoms with Crippen molar-refractivity contribution in [1.29, 1.82) is 0 Å². The minimum Gasteiger partial charge on any atom is -0.327 e. The van der Waals surface area contributed by atoms with Crippen LogP contribution in [-0.2, 0) is 0 Å². The van der Waals surface area contributed by atoms with Crippen LogP contribution >= 0.6 is 0 Å². The molecular weight excluding hydrogens is 98.1 g/mol. The summed E-state index contributed by atoms with van der Waals surface area (Å²) in [6.45, 7) is 6.61. The van der Waals surface area contributed by atoms with Crippen molar-refractivity contribution in [1.82, 2.24) is 0 Å². The van der Waals surface area contributed by atoms with E-state index < -0.39 is 0 Å². The standard InChI is InChI=1S/C7H15N/c1-3-4-5-7(2)6-8/h2-6,8H2,1H3. The van der Waals surface area contributed by atoms with Crippen LogP contribution in [0.4, 0.5) is 0 Å². The van der Waals surface area contributed by atoms with E-state index in [4.69, 9.17) is 5.73 Å². The van der Waals surface area contributed by atoms with Gasteiger partial charge < -0.3 is 5.73 Å². The quantitative estimate of drug-likeness (QED) is 0.552. The Morgan fingerprint density at radius 3 is 2.62 bits per heavy atom. The third-order valence-corrected chi connectivity index (χ3v) is 1.17. The zero-order chi connectivity index (χ0) is 6.41. The highest BCUT2D eigenvalue weighted by Crippen LogP contribution is 2.01. The van der Waals surface area contributed by atoms with Gasteiger partial charge in [-0.25, -0.2) is 0 Å². The van der Waals surface area contributed by atoms with Crippen molar-refractivity contribution >= 4 is 0 Å². The third-order valence-electron chi connectivity index (χ3n) is 1.17. The molecule has 0 bridgehead atoms. The molecule has 48 valence electrons. The Kier molecular flexibility index (Phi) is 4.67. The summed E-state index contributed by atoms with van der Waals surface area (Å²) in [5.74, 6) is 0. The molecule has 0 heterocycles. The SMILES string of the molecule is C=C(CN)CCCC. The predicted octanol–water partition coefficient (Wildman–Crippen LogP) is 1.69. The van der Waals surface area contributed by atoms with Gasteiger partial charge in [-0.05, 0) is 12.8 Å². The molecule has 0 aromatic rings. The molecule has 0 fully saturated rings. The van der Waals surface area contributed by atoms with Crippen molar-refractivity contribution in [2.24, 2.45) is 5.73 Å². The number of unbranched alkanes of at least 4 members (excludes halogenated alkanes) is 1. The summed E-state index contributed by atoms with van der Waals surface area (Å²) in [4.78, 5) is 0. The Morgan fingerprint density at radius 1 is 1.62 bits per heavy atom. The van der Waals surface area contributed by atoms with E-state index in [1.807, 2.05) is 0 Å². The second-order valence-electron chi connectivity index (χ2n) is 2.06. The lowest BCUT2D eigenvalue weighted by atomic mass is 10.1. The van der Waals surface area contributed by atoms with E-state index in [2.05, 4.69) is 13.5 Å². The second kappa shape index (κ2) is 4.85. The van der Waals surface area contributed by atoms with Crippen LogP contribution in [0.2, 0.25) is 0 Å². The van der Waals surface area contributed by atoms with Crippen LogP contribution in [0.25, 0.3) is 0 Å². The van der Waals surface area contributed by atoms with Gasteiger partial charge in [0.1, 0.15) is 0 Å². The maximum absolute atomic E-state index is 5.31. The topological polar surface area (TPSA) is 26.0 Å². The van der Waals surface area contributed by atoms with Crippen LogP contribution in [0, 0.1) is 0 Å². The summed E-state index contributed by atoms with van der Waals surface area (Å²) in [6, 6.07) is 0. The van der Waals surface area contributed by atoms with Gasteiger partial charge in [0.2, 0.25) is 0 Å². The summed E-state index contributed by atoms with van der Waals surface area (Å²) in [7, 11) is 0. The first-order valence-electron chi connectivity index (χ1n) is 3.18. The molecule has 0 aliphatic rings. The van der Waals surface area contributed by atoms with E-state index in [1.165, 1.54) is 18.4 Å². The van der Waals surface area contributed by atoms with Gasteiger partial charge in [-0.3, -0.25) is 0 Å². The van der Waals surface area contributed by atoms with Gasteiger partial charge in [0.25, 0.3) is 0 Å². The molecule has 8 heavy (non-hydrogen) atoms. The van der Waals surface area contributed by atoms with Crippen LogP contribution in [0.5, 0.6) is 0 Å². The Labute approximate surface area is 51.6 Å². The van der Waals surface area contributed by atoms with Crippen LogP contribution in [0.15, 0.2) is 12.2 Å². The lowest BCUT2D eigenvalue weighted by molar-refractivity contribution is 0.777. The average molecular weight is 113 g/mol. The molecule has 1 heteroatoms. The van der Waals surface area contributed by atoms with E-state index in [0.29, 0.717) is 6.54 Å². The molecule has 0 aromatic carbocycles. The minimum absolute atomic E-state index is 0.653. The van der Waals surface area contributed by atoms with Crippen molar-refractivity contribution < 1.29 is 0 Å². The normalized spacial score (nSPS) is 9.25. The highest BCUT2D eigenvalue weighted by atomic mass is 14.5. The Hall–Kier alpha value is -0.300. The highest BCUT2D eigenvalue weighted by molar-refractivity contribution is 4.94. The van der Waals surface area contributed by atoms with E-state index >= 15 is 0 Å². The van der Waals surface area contributed by atoms with Gasteiger partial charge in [-0.2, -0.15) is 0 Å². The monoisotopic (exact) mass is 113 g/mol. The molecule has 0 amide bonds. The Bertz CT molecular complexity index is 66.8. The molecule has 0 spiro atoms. The van der Waals surface area contributed by atoms with Gasteiger partial charge in [0, 0.05) is 6.54 Å². The average Bonchev–Trinajstić information content (AvgIpc) is 1.83. The summed E-state index contributed by atoms with van der Waals surface area (Å²) in [5, 5.41) is 0. The van der Waals surface area contributed by atoms with E-state index in [1.54, 1.807) is 0 Å². The van der Waals surface area contributed by atoms with Crippen LogP contribution in [0.1, 0.15) is 26.2 Å². The number of hydrogen-bond donors (Lipinski definition) is 1. The summed E-state index contributed by atoms with van der Waals surface area (Å²) in [5.41, 5.74) is 6.49. The molecule has 0 atom stereocenters. The van der Waals surface area contributed by atoms with Gasteiger partial charge in [-0.15, -0.1) is 0 Å². The first-order valence-corrected chi connectivity index (χ1v) is 3.18. The molecule has 0 radical (unpaired) electrons. The van der Waals surface area contributed by atoms with Crippen molar-refractivity contribution in [3.05, 3.63) is 12.2 Å². The minimum atomic E-state index is 0.653. The molecule has 2 N–H and O–H groups in total. The molecular formula is C7H15N. The highest BCUT2D eigenvalue weighted by Gasteiger charge is 1.86. The molecule has 0 unspecified atom stereocenters. The first-order chi connectivity index (χ1) is 3.81. The fourth-order valence-corrected chi connectivity index (χ4v) is 0.529. The molecule has 0 saturated carbocycles. The third kappa shape index (κ3) is 3.88. The Balaban J connectivity index is 2.99. The molecule has 0 saturated heterocycles. The molecule has 0 aliphatic carbocycles. The molecule has 0 aliphatic heterocycles. The van der Waals surface area contributed by atoms with Crippen molar-refractivity contribution in [3.63, 3.8) is 0 Å². The predicted molar refractivity (Wildman–Crippen MR) is 37.7 cm³/mol. The summed E-state index contributed by atoms with van der Waals surface area (Å²) in [6.07, 6.45) is 3.57. The van der Waals surface area contributed by atoms with E-state index in [0.717, 1.165) is 6.42 Å². The van der Waals surface area contributed by atoms with Gasteiger partial charge in [0.15, 0.2) is 0 Å². The van der Waals surface area contributed by atoms with Crippen molar-refractivity contribution in [2.75, 3.05) is 6.54 Å². The number of nitrogens with two attached hydrogens (primary N) is 1. The lowest BCUT2D eigenvalue weighted by Crippen LogP contribution is -2.01. The van der Waals surface area contributed by atoms with Crippen LogP contribution in [-0.4, -0.2) is 6.54 Å². The van der Waals surface area contributed by atoms with Crippen LogP contribution in [0.3, 0.4) is 0 Å². The summed E-state index contributed by atoms with van der Waals surface area (Å²) < 4.78 is 0. The second-order valence-corrected chi connectivity index (χ2v) is 2.06. The fourth-order valence-electron chi connectivity index (χ4n) is 0.529. The van der Waals surface area contributed by atoms with E-state index in [9.17, 15) is 0 Å². The van der Waals surface area contributed by atoms with Gasteiger partial charge in [0.05, 0.1) is 0 Å². The largest absolute Gasteiger partial charge is 0.327 e. The Morgan fingerprint density at radius 2 is 2.25 bits per heavy atom. The van der Waals surface area contributed by atoms with Gasteiger partial charge in [-0.1, -0.05) is 25.5 Å². The van der Waals surface area contributed by atoms with Gasteiger partial charge >= 0.3 is 0 Å². The maximum atomic E-state index is 5.31. The molecule has 1 nitrogen and oxygen atoms in total.